The minimum atomic E-state index is -1.08. The van der Waals surface area contributed by atoms with Crippen molar-refractivity contribution in [2.75, 3.05) is 0 Å². The quantitative estimate of drug-likeness (QED) is 0.254. The lowest BCUT2D eigenvalue weighted by Gasteiger charge is -2.29. The highest BCUT2D eigenvalue weighted by atomic mass is 19.2. The van der Waals surface area contributed by atoms with Crippen LogP contribution in [0.4, 0.5) is 8.78 Å². The predicted molar refractivity (Wildman–Crippen MR) is 158 cm³/mol. The summed E-state index contributed by atoms with van der Waals surface area (Å²) in [5, 5.41) is 11.5. The molecule has 0 saturated carbocycles. The molecule has 0 fully saturated rings. The van der Waals surface area contributed by atoms with E-state index in [-0.39, 0.29) is 29.5 Å². The molecule has 5 rings (SSSR count). The van der Waals surface area contributed by atoms with Crippen LogP contribution in [0.5, 0.6) is 0 Å². The molecule has 7 nitrogen and oxygen atoms in total. The van der Waals surface area contributed by atoms with Crippen molar-refractivity contribution in [3.05, 3.63) is 130 Å². The molecule has 1 atom stereocenters. The Kier molecular flexibility index (Phi) is 9.14. The van der Waals surface area contributed by atoms with Gasteiger partial charge in [0.2, 0.25) is 5.91 Å². The Balaban J connectivity index is 0.000000324. The Morgan fingerprint density at radius 3 is 2.14 bits per heavy atom. The Bertz CT molecular complexity index is 1700. The number of hydrogen-bond donors (Lipinski definition) is 2. The number of carbonyl (C=O) groups is 4. The van der Waals surface area contributed by atoms with Gasteiger partial charge >= 0.3 is 5.97 Å². The van der Waals surface area contributed by atoms with E-state index >= 15 is 0 Å². The zero-order valence-corrected chi connectivity index (χ0v) is 23.8. The maximum Gasteiger partial charge on any atom is 0.336 e. The van der Waals surface area contributed by atoms with Crippen molar-refractivity contribution in [3.8, 4) is 11.1 Å². The van der Waals surface area contributed by atoms with E-state index in [1.807, 2.05) is 39.0 Å². The minimum absolute atomic E-state index is 0.0440. The Labute approximate surface area is 247 Å². The second-order valence-electron chi connectivity index (χ2n) is 11.0. The third-order valence-corrected chi connectivity index (χ3v) is 6.71. The summed E-state index contributed by atoms with van der Waals surface area (Å²) in [4.78, 5) is 48.7. The molecule has 1 unspecified atom stereocenters. The number of carboxylic acids is 1. The molecule has 0 aliphatic carbocycles. The van der Waals surface area contributed by atoms with E-state index in [1.165, 1.54) is 23.1 Å². The summed E-state index contributed by atoms with van der Waals surface area (Å²) in [6.45, 7) is 5.80. The minimum Gasteiger partial charge on any atom is -0.478 e. The summed E-state index contributed by atoms with van der Waals surface area (Å²) in [6, 6.07) is 23.3. The van der Waals surface area contributed by atoms with Gasteiger partial charge in [-0.2, -0.15) is 0 Å². The highest BCUT2D eigenvalue weighted by molar-refractivity contribution is 6.04. The molecule has 9 heteroatoms. The number of nitrogens with one attached hydrogen (secondary N) is 1. The molecule has 2 N–H and O–H groups in total. The molecule has 0 aromatic heterocycles. The smallest absolute Gasteiger partial charge is 0.336 e. The number of rotatable bonds is 6. The largest absolute Gasteiger partial charge is 0.478 e. The molecule has 2 amide bonds. The molecule has 1 aliphatic heterocycles. The van der Waals surface area contributed by atoms with Crippen molar-refractivity contribution < 1.29 is 33.1 Å². The molecule has 0 saturated heterocycles. The highest BCUT2D eigenvalue weighted by Gasteiger charge is 2.41. The van der Waals surface area contributed by atoms with Crippen LogP contribution in [0.1, 0.15) is 69.0 Å². The van der Waals surface area contributed by atoms with Crippen LogP contribution in [0, 0.1) is 11.6 Å². The molecule has 0 radical (unpaired) electrons. The predicted octanol–water partition coefficient (Wildman–Crippen LogP) is 6.44. The number of hydrogen-bond acceptors (Lipinski definition) is 4. The van der Waals surface area contributed by atoms with E-state index < -0.39 is 29.2 Å². The van der Waals surface area contributed by atoms with Gasteiger partial charge in [-0.05, 0) is 67.3 Å². The van der Waals surface area contributed by atoms with Gasteiger partial charge in [0, 0.05) is 23.2 Å². The fourth-order valence-corrected chi connectivity index (χ4v) is 4.84. The lowest BCUT2D eigenvalue weighted by molar-refractivity contribution is -0.127. The number of benzene rings is 4. The van der Waals surface area contributed by atoms with Gasteiger partial charge in [0.1, 0.15) is 6.04 Å². The number of fused-ring (bicyclic) bond motifs is 1. The van der Waals surface area contributed by atoms with Crippen molar-refractivity contribution in [1.29, 1.82) is 0 Å². The van der Waals surface area contributed by atoms with Crippen molar-refractivity contribution in [1.82, 2.24) is 10.2 Å². The third kappa shape index (κ3) is 7.01. The number of aldehydes is 1. The van der Waals surface area contributed by atoms with E-state index in [0.717, 1.165) is 17.7 Å². The number of amides is 2. The maximum absolute atomic E-state index is 13.9. The van der Waals surface area contributed by atoms with Crippen LogP contribution in [0.15, 0.2) is 91.0 Å². The van der Waals surface area contributed by atoms with E-state index in [9.17, 15) is 28.0 Å². The van der Waals surface area contributed by atoms with E-state index in [1.54, 1.807) is 42.5 Å². The molecule has 43 heavy (non-hydrogen) atoms. The number of halogens is 2. The number of carbonyl (C=O) groups excluding carboxylic acids is 3. The second-order valence-corrected chi connectivity index (χ2v) is 11.0. The topological polar surface area (TPSA) is 104 Å². The Morgan fingerprint density at radius 1 is 0.884 bits per heavy atom. The highest BCUT2D eigenvalue weighted by Crippen LogP contribution is 2.37. The van der Waals surface area contributed by atoms with Gasteiger partial charge in [-0.25, -0.2) is 13.6 Å². The maximum atomic E-state index is 13.9. The fraction of sp³-hybridized carbons (Fsp3) is 0.176. The van der Waals surface area contributed by atoms with Crippen LogP contribution in [0.2, 0.25) is 0 Å². The Hall–Kier alpha value is -5.18. The SMILES string of the molecule is CC(C)(C)NC(=O)C1c2ccccc2C(=O)N1Cc1ccccc1-c1ccc(F)c(F)c1.O=Cc1ccccc1C(=O)O. The summed E-state index contributed by atoms with van der Waals surface area (Å²) in [5.41, 5.74) is 2.84. The van der Waals surface area contributed by atoms with Crippen LogP contribution in [0.25, 0.3) is 11.1 Å². The number of carboxylic acid groups (broad SMARTS) is 1. The summed E-state index contributed by atoms with van der Waals surface area (Å²) in [7, 11) is 0. The van der Waals surface area contributed by atoms with Gasteiger partial charge in [0.25, 0.3) is 5.91 Å². The van der Waals surface area contributed by atoms with Crippen molar-refractivity contribution >= 4 is 24.1 Å². The second kappa shape index (κ2) is 12.8. The van der Waals surface area contributed by atoms with Crippen LogP contribution < -0.4 is 5.32 Å². The number of aromatic carboxylic acids is 1. The monoisotopic (exact) mass is 584 g/mol. The van der Waals surface area contributed by atoms with E-state index in [0.29, 0.717) is 28.5 Å². The first-order valence-electron chi connectivity index (χ1n) is 13.4. The van der Waals surface area contributed by atoms with Gasteiger partial charge < -0.3 is 15.3 Å². The molecule has 0 bridgehead atoms. The third-order valence-electron chi connectivity index (χ3n) is 6.71. The molecule has 4 aromatic rings. The van der Waals surface area contributed by atoms with Crippen LogP contribution in [0.3, 0.4) is 0 Å². The van der Waals surface area contributed by atoms with Crippen molar-refractivity contribution in [2.45, 2.75) is 38.9 Å². The molecule has 220 valence electrons. The first kappa shape index (κ1) is 30.8. The molecule has 1 heterocycles. The average Bonchev–Trinajstić information content (AvgIpc) is 3.25. The molecule has 4 aromatic carbocycles. The zero-order valence-electron chi connectivity index (χ0n) is 23.8. The van der Waals surface area contributed by atoms with Crippen molar-refractivity contribution in [3.63, 3.8) is 0 Å². The summed E-state index contributed by atoms with van der Waals surface area (Å²) < 4.78 is 27.3. The van der Waals surface area contributed by atoms with E-state index in [2.05, 4.69) is 5.32 Å². The van der Waals surface area contributed by atoms with Gasteiger partial charge in [-0.1, -0.05) is 66.7 Å². The van der Waals surface area contributed by atoms with Gasteiger partial charge in [0.05, 0.1) is 5.56 Å². The Morgan fingerprint density at radius 2 is 1.51 bits per heavy atom. The first-order valence-corrected chi connectivity index (χ1v) is 13.4. The zero-order chi connectivity index (χ0) is 31.3. The van der Waals surface area contributed by atoms with Gasteiger partial charge in [-0.15, -0.1) is 0 Å². The van der Waals surface area contributed by atoms with Crippen LogP contribution >= 0.6 is 0 Å². The number of nitrogens with zero attached hydrogens (tertiary/aromatic N) is 1. The normalized spacial score (nSPS) is 13.9. The summed E-state index contributed by atoms with van der Waals surface area (Å²) in [5.74, 6) is -3.44. The van der Waals surface area contributed by atoms with Gasteiger partial charge in [0.15, 0.2) is 17.9 Å². The van der Waals surface area contributed by atoms with Crippen LogP contribution in [-0.2, 0) is 11.3 Å². The standard InChI is InChI=1S/C26H24F2N2O2.C8H6O3/c1-26(2,3)29-24(31)23-19-10-6-7-11-20(19)25(32)30(23)15-17-8-4-5-9-18(17)16-12-13-21(27)22(28)14-16;9-5-6-3-1-2-4-7(6)8(10)11/h4-14,23H,15H2,1-3H3,(H,29,31);1-5H,(H,10,11). The van der Waals surface area contributed by atoms with Crippen LogP contribution in [-0.4, -0.2) is 39.6 Å². The molecule has 1 aliphatic rings. The van der Waals surface area contributed by atoms with Gasteiger partial charge in [-0.3, -0.25) is 14.4 Å². The molecular weight excluding hydrogens is 554 g/mol. The summed E-state index contributed by atoms with van der Waals surface area (Å²) in [6.07, 6.45) is 0.531. The molecular formula is C34H30F2N2O5. The summed E-state index contributed by atoms with van der Waals surface area (Å²) >= 11 is 0. The first-order chi connectivity index (χ1) is 20.4. The lowest BCUT2D eigenvalue weighted by Crippen LogP contribution is -2.46. The lowest BCUT2D eigenvalue weighted by atomic mass is 9.98. The average molecular weight is 585 g/mol. The fourth-order valence-electron chi connectivity index (χ4n) is 4.84. The van der Waals surface area contributed by atoms with E-state index in [4.69, 9.17) is 5.11 Å². The van der Waals surface area contributed by atoms with Crippen molar-refractivity contribution in [2.24, 2.45) is 0 Å². The molecule has 0 spiro atoms.